The number of carbonyl (C=O) groups excluding carboxylic acids is 1. The Bertz CT molecular complexity index is 1180. The molecule has 1 aliphatic rings. The fraction of sp³-hybridized carbons (Fsp3) is 0.240. The fourth-order valence-corrected chi connectivity index (χ4v) is 3.48. The van der Waals surface area contributed by atoms with Crippen LogP contribution in [0.15, 0.2) is 71.0 Å². The number of carbonyl (C=O) groups is 1. The number of rotatable bonds is 9. The molecule has 8 heteroatoms. The molecule has 3 aromatic rings. The van der Waals surface area contributed by atoms with Gasteiger partial charge in [-0.05, 0) is 41.5 Å². The van der Waals surface area contributed by atoms with Crippen LogP contribution in [0.1, 0.15) is 24.5 Å². The van der Waals surface area contributed by atoms with Crippen LogP contribution in [0.2, 0.25) is 5.02 Å². The molecule has 0 amide bonds. The van der Waals surface area contributed by atoms with Crippen LogP contribution >= 0.6 is 11.6 Å². The summed E-state index contributed by atoms with van der Waals surface area (Å²) in [5.74, 6) is 0.164. The fourth-order valence-electron chi connectivity index (χ4n) is 3.35. The van der Waals surface area contributed by atoms with Crippen LogP contribution in [0, 0.1) is 0 Å². The predicted molar refractivity (Wildman–Crippen MR) is 127 cm³/mol. The predicted octanol–water partition coefficient (Wildman–Crippen LogP) is 5.13. The molecular weight excluding hydrogens is 444 g/mol. The second-order valence-corrected chi connectivity index (χ2v) is 7.77. The van der Waals surface area contributed by atoms with E-state index in [1.165, 1.54) is 0 Å². The third-order valence-electron chi connectivity index (χ3n) is 5.00. The van der Waals surface area contributed by atoms with Crippen molar-refractivity contribution in [1.82, 2.24) is 0 Å². The molecule has 170 valence electrons. The van der Waals surface area contributed by atoms with Crippen LogP contribution in [0.25, 0.3) is 10.8 Å². The molecule has 0 fully saturated rings. The highest BCUT2D eigenvalue weighted by Crippen LogP contribution is 2.27. The molecule has 0 bridgehead atoms. The molecule has 0 spiro atoms. The second-order valence-electron chi connectivity index (χ2n) is 7.33. The van der Waals surface area contributed by atoms with E-state index in [0.29, 0.717) is 30.4 Å². The maximum atomic E-state index is 11.8. The van der Waals surface area contributed by atoms with Crippen LogP contribution in [0.3, 0.4) is 0 Å². The Balaban J connectivity index is 1.44. The van der Waals surface area contributed by atoms with Gasteiger partial charge in [0.05, 0.1) is 12.8 Å². The van der Waals surface area contributed by atoms with Gasteiger partial charge in [-0.3, -0.25) is 0 Å². The Morgan fingerprint density at radius 1 is 1.18 bits per heavy atom. The van der Waals surface area contributed by atoms with Crippen LogP contribution in [0.5, 0.6) is 5.75 Å². The van der Waals surface area contributed by atoms with Crippen LogP contribution in [0.4, 0.5) is 0 Å². The molecule has 4 rings (SSSR count). The molecule has 0 saturated heterocycles. The van der Waals surface area contributed by atoms with Gasteiger partial charge in [-0.2, -0.15) is 0 Å². The second kappa shape index (κ2) is 10.8. The normalized spacial score (nSPS) is 15.3. The molecular formula is C25H23ClN2O5. The van der Waals surface area contributed by atoms with Crippen molar-refractivity contribution < 1.29 is 23.9 Å². The zero-order valence-electron chi connectivity index (χ0n) is 18.1. The molecule has 0 saturated carbocycles. The molecule has 1 unspecified atom stereocenters. The number of benzene rings is 3. The van der Waals surface area contributed by atoms with Gasteiger partial charge in [-0.1, -0.05) is 64.4 Å². The van der Waals surface area contributed by atoms with Crippen molar-refractivity contribution in [3.05, 3.63) is 76.8 Å². The van der Waals surface area contributed by atoms with Crippen LogP contribution < -0.4 is 4.74 Å². The molecule has 1 atom stereocenters. The molecule has 0 aromatic heterocycles. The Morgan fingerprint density at radius 3 is 2.82 bits per heavy atom. The van der Waals surface area contributed by atoms with E-state index in [1.807, 2.05) is 60.7 Å². The lowest BCUT2D eigenvalue weighted by molar-refractivity contribution is -0.135. The minimum atomic E-state index is -0.462. The maximum absolute atomic E-state index is 11.8. The highest BCUT2D eigenvalue weighted by Gasteiger charge is 2.27. The average molecular weight is 467 g/mol. The monoisotopic (exact) mass is 466 g/mol. The Kier molecular flexibility index (Phi) is 7.42. The van der Waals surface area contributed by atoms with E-state index in [2.05, 4.69) is 10.3 Å². The Labute approximate surface area is 196 Å². The van der Waals surface area contributed by atoms with Crippen molar-refractivity contribution in [3.8, 4) is 5.75 Å². The van der Waals surface area contributed by atoms with Crippen molar-refractivity contribution in [2.75, 3.05) is 13.2 Å². The molecule has 1 aliphatic heterocycles. The maximum Gasteiger partial charge on any atom is 0.356 e. The summed E-state index contributed by atoms with van der Waals surface area (Å²) >= 11 is 5.92. The minimum Gasteiger partial charge on any atom is -0.489 e. The van der Waals surface area contributed by atoms with E-state index in [4.69, 9.17) is 30.7 Å². The summed E-state index contributed by atoms with van der Waals surface area (Å²) in [5.41, 5.74) is 2.01. The number of hydrogen-bond acceptors (Lipinski definition) is 7. The summed E-state index contributed by atoms with van der Waals surface area (Å²) in [4.78, 5) is 22.6. The van der Waals surface area contributed by atoms with Gasteiger partial charge < -0.3 is 19.1 Å². The van der Waals surface area contributed by atoms with Gasteiger partial charge in [0.1, 0.15) is 19.0 Å². The molecule has 33 heavy (non-hydrogen) atoms. The minimum absolute atomic E-state index is 0.219. The van der Waals surface area contributed by atoms with E-state index >= 15 is 0 Å². The van der Waals surface area contributed by atoms with E-state index in [0.717, 1.165) is 21.9 Å². The lowest BCUT2D eigenvalue weighted by Gasteiger charge is -2.14. The van der Waals surface area contributed by atoms with Gasteiger partial charge in [0.25, 0.3) is 0 Å². The number of esters is 1. The zero-order valence-corrected chi connectivity index (χ0v) is 18.8. The van der Waals surface area contributed by atoms with Crippen LogP contribution in [-0.4, -0.2) is 37.2 Å². The third kappa shape index (κ3) is 5.81. The summed E-state index contributed by atoms with van der Waals surface area (Å²) in [6.45, 7) is 2.57. The van der Waals surface area contributed by atoms with Gasteiger partial charge in [0.2, 0.25) is 0 Å². The molecule has 0 radical (unpaired) electrons. The largest absolute Gasteiger partial charge is 0.489 e. The molecule has 7 nitrogen and oxygen atoms in total. The summed E-state index contributed by atoms with van der Waals surface area (Å²) in [6, 6.07) is 19.2. The third-order valence-corrected chi connectivity index (χ3v) is 5.25. The Morgan fingerprint density at radius 2 is 2.00 bits per heavy atom. The van der Waals surface area contributed by atoms with E-state index in [-0.39, 0.29) is 18.4 Å². The van der Waals surface area contributed by atoms with E-state index in [1.54, 1.807) is 13.1 Å². The number of fused-ring (bicyclic) bond motifs is 1. The van der Waals surface area contributed by atoms with Gasteiger partial charge >= 0.3 is 5.97 Å². The quantitative estimate of drug-likeness (QED) is 0.248. The lowest BCUT2D eigenvalue weighted by Crippen LogP contribution is -2.22. The standard InChI is InChI=1S/C25H23ClN2O5/c1-2-30-25(29)23-13-20(33-28-23)16-31-24-12-9-18-5-3-4-6-21(18)22(24)14-27-32-15-17-7-10-19(26)11-8-17/h3-12,14,20H,2,13,15-16H2,1H3/b27-14+. The number of halogens is 1. The topological polar surface area (TPSA) is 78.7 Å². The first-order valence-corrected chi connectivity index (χ1v) is 11.0. The first-order chi connectivity index (χ1) is 16.1. The zero-order chi connectivity index (χ0) is 23.0. The van der Waals surface area contributed by atoms with E-state index in [9.17, 15) is 4.79 Å². The molecule has 3 aromatic carbocycles. The summed E-state index contributed by atoms with van der Waals surface area (Å²) in [7, 11) is 0. The lowest BCUT2D eigenvalue weighted by atomic mass is 10.0. The molecule has 1 heterocycles. The number of nitrogens with zero attached hydrogens (tertiary/aromatic N) is 2. The smallest absolute Gasteiger partial charge is 0.356 e. The first-order valence-electron chi connectivity index (χ1n) is 10.6. The molecule has 0 aliphatic carbocycles. The first kappa shape index (κ1) is 22.6. The Hall–Kier alpha value is -3.58. The van der Waals surface area contributed by atoms with Crippen molar-refractivity contribution in [3.63, 3.8) is 0 Å². The van der Waals surface area contributed by atoms with Crippen molar-refractivity contribution in [2.45, 2.75) is 26.1 Å². The van der Waals surface area contributed by atoms with Crippen molar-refractivity contribution >= 4 is 40.3 Å². The number of hydrogen-bond donors (Lipinski definition) is 0. The summed E-state index contributed by atoms with van der Waals surface area (Å²) < 4.78 is 11.0. The SMILES string of the molecule is CCOC(=O)C1=NOC(COc2ccc3ccccc3c2/C=N/OCc2ccc(Cl)cc2)C1. The van der Waals surface area contributed by atoms with Gasteiger partial charge in [0, 0.05) is 17.0 Å². The number of ether oxygens (including phenoxy) is 2. The van der Waals surface area contributed by atoms with Crippen molar-refractivity contribution in [2.24, 2.45) is 10.3 Å². The van der Waals surface area contributed by atoms with Crippen molar-refractivity contribution in [1.29, 1.82) is 0 Å². The van der Waals surface area contributed by atoms with Gasteiger partial charge in [0.15, 0.2) is 11.8 Å². The highest BCUT2D eigenvalue weighted by atomic mass is 35.5. The summed E-state index contributed by atoms with van der Waals surface area (Å²) in [6.07, 6.45) is 1.60. The highest BCUT2D eigenvalue weighted by molar-refractivity contribution is 6.36. The average Bonchev–Trinajstić information content (AvgIpc) is 3.31. The van der Waals surface area contributed by atoms with Crippen LogP contribution in [-0.2, 0) is 25.8 Å². The van der Waals surface area contributed by atoms with Gasteiger partial charge in [-0.25, -0.2) is 4.79 Å². The van der Waals surface area contributed by atoms with E-state index < -0.39 is 5.97 Å². The van der Waals surface area contributed by atoms with Gasteiger partial charge in [-0.15, -0.1) is 0 Å². The molecule has 0 N–H and O–H groups in total. The number of oxime groups is 2. The summed E-state index contributed by atoms with van der Waals surface area (Å²) in [5, 5.41) is 10.7.